The molecule has 3 N–H and O–H groups in total. The Bertz CT molecular complexity index is 550. The maximum absolute atomic E-state index is 11.6. The fraction of sp³-hybridized carbons (Fsp3) is 0.438. The fourth-order valence-electron chi connectivity index (χ4n) is 1.72. The van der Waals surface area contributed by atoms with Crippen molar-refractivity contribution in [3.63, 3.8) is 0 Å². The maximum Gasteiger partial charge on any atom is 0.248 e. The van der Waals surface area contributed by atoms with Gasteiger partial charge in [0.15, 0.2) is 17.4 Å². The Hall–Kier alpha value is -2.24. The number of hydrogen-bond acceptors (Lipinski definition) is 5. The Morgan fingerprint density at radius 1 is 1.55 bits per heavy atom. The topological polar surface area (TPSA) is 80.5 Å². The molecule has 1 aromatic rings. The third-order valence-electron chi connectivity index (χ3n) is 3.03. The summed E-state index contributed by atoms with van der Waals surface area (Å²) >= 11 is 0. The number of carbonyl (C=O) groups is 1. The summed E-state index contributed by atoms with van der Waals surface area (Å²) in [6, 6.07) is 1.76. The largest absolute Gasteiger partial charge is 0.493 e. The van der Waals surface area contributed by atoms with Crippen molar-refractivity contribution in [3.05, 3.63) is 25.1 Å². The lowest BCUT2D eigenvalue weighted by Crippen LogP contribution is -2.25. The zero-order valence-electron chi connectivity index (χ0n) is 13.9. The smallest absolute Gasteiger partial charge is 0.248 e. The first kappa shape index (κ1) is 17.8. The minimum atomic E-state index is -0.341. The highest BCUT2D eigenvalue weighted by atomic mass is 16.5. The second-order valence-electron chi connectivity index (χ2n) is 6.09. The van der Waals surface area contributed by atoms with Crippen LogP contribution in [0, 0.1) is 11.8 Å². The number of nitrogens with one attached hydrogen (secondary N) is 1. The summed E-state index contributed by atoms with van der Waals surface area (Å²) in [5, 5.41) is 2.67. The summed E-state index contributed by atoms with van der Waals surface area (Å²) in [5.74, 6) is 0.729. The first-order valence-corrected chi connectivity index (χ1v) is 7.01. The fourth-order valence-corrected chi connectivity index (χ4v) is 1.72. The van der Waals surface area contributed by atoms with Crippen LogP contribution in [0.1, 0.15) is 20.8 Å². The Morgan fingerprint density at radius 2 is 2.18 bits per heavy atom. The molecule has 0 fully saturated rings. The number of amides is 1. The van der Waals surface area contributed by atoms with Gasteiger partial charge in [-0.1, -0.05) is 27.4 Å². The van der Waals surface area contributed by atoms with E-state index in [1.54, 1.807) is 6.07 Å². The second kappa shape index (κ2) is 7.15. The molecular formula is C16H25N4O2. The molecule has 0 saturated heterocycles. The molecule has 0 atom stereocenters. The van der Waals surface area contributed by atoms with Gasteiger partial charge in [0.2, 0.25) is 5.91 Å². The van der Waals surface area contributed by atoms with Crippen molar-refractivity contribution < 1.29 is 9.53 Å². The van der Waals surface area contributed by atoms with E-state index < -0.39 is 0 Å². The molecule has 6 nitrogen and oxygen atoms in total. The molecule has 6 heteroatoms. The summed E-state index contributed by atoms with van der Waals surface area (Å²) in [6.07, 6.45) is 3.36. The van der Waals surface area contributed by atoms with Crippen LogP contribution in [0.2, 0.25) is 0 Å². The zero-order valence-corrected chi connectivity index (χ0v) is 13.9. The number of rotatable bonds is 6. The average molecular weight is 305 g/mol. The maximum atomic E-state index is 11.6. The number of carbonyl (C=O) groups excluding carboxylic acids is 1. The molecule has 0 spiro atoms. The Labute approximate surface area is 132 Å². The minimum absolute atomic E-state index is 0.0874. The highest BCUT2D eigenvalue weighted by Crippen LogP contribution is 2.32. The third-order valence-corrected chi connectivity index (χ3v) is 3.03. The van der Waals surface area contributed by atoms with Crippen LogP contribution in [0.5, 0.6) is 5.75 Å². The molecule has 22 heavy (non-hydrogen) atoms. The Morgan fingerprint density at radius 3 is 2.68 bits per heavy atom. The number of pyridine rings is 1. The van der Waals surface area contributed by atoms with E-state index in [0.29, 0.717) is 18.1 Å². The van der Waals surface area contributed by atoms with Gasteiger partial charge in [-0.3, -0.25) is 4.79 Å². The average Bonchev–Trinajstić information content (AvgIpc) is 2.44. The van der Waals surface area contributed by atoms with Gasteiger partial charge in [-0.05, 0) is 17.9 Å². The van der Waals surface area contributed by atoms with Gasteiger partial charge in [0, 0.05) is 19.7 Å². The lowest BCUT2D eigenvalue weighted by atomic mass is 9.92. The van der Waals surface area contributed by atoms with E-state index in [-0.39, 0.29) is 17.1 Å². The molecule has 0 aromatic carbocycles. The molecule has 0 saturated carbocycles. The first-order valence-electron chi connectivity index (χ1n) is 7.01. The van der Waals surface area contributed by atoms with E-state index in [1.807, 2.05) is 11.9 Å². The van der Waals surface area contributed by atoms with E-state index in [4.69, 9.17) is 10.5 Å². The van der Waals surface area contributed by atoms with Crippen LogP contribution < -0.4 is 20.7 Å². The van der Waals surface area contributed by atoms with Gasteiger partial charge in [-0.2, -0.15) is 0 Å². The normalized spacial score (nSPS) is 11.0. The van der Waals surface area contributed by atoms with Gasteiger partial charge in [0.1, 0.15) is 0 Å². The molecule has 1 rings (SSSR count). The number of ether oxygens (including phenoxy) is 1. The lowest BCUT2D eigenvalue weighted by molar-refractivity contribution is -0.111. The van der Waals surface area contributed by atoms with Crippen LogP contribution in [0.3, 0.4) is 0 Å². The number of hydrogen-bond donors (Lipinski definition) is 2. The SMILES string of the molecule is C=CC(=O)Nc1nc(N)c(OC)cc1N(C)C[CH]C(C)(C)C. The van der Waals surface area contributed by atoms with E-state index in [9.17, 15) is 4.79 Å². The van der Waals surface area contributed by atoms with Crippen molar-refractivity contribution in [2.45, 2.75) is 20.8 Å². The summed E-state index contributed by atoms with van der Waals surface area (Å²) in [7, 11) is 3.44. The molecule has 1 aromatic heterocycles. The number of nitrogen functional groups attached to an aromatic ring is 1. The van der Waals surface area contributed by atoms with Crippen LogP contribution >= 0.6 is 0 Å². The Kier molecular flexibility index (Phi) is 5.79. The van der Waals surface area contributed by atoms with Gasteiger partial charge < -0.3 is 20.7 Å². The van der Waals surface area contributed by atoms with Crippen molar-refractivity contribution in [2.24, 2.45) is 5.41 Å². The monoisotopic (exact) mass is 305 g/mol. The second-order valence-corrected chi connectivity index (χ2v) is 6.09. The number of nitrogens with zero attached hydrogens (tertiary/aromatic N) is 2. The lowest BCUT2D eigenvalue weighted by Gasteiger charge is -2.26. The molecule has 0 aliphatic rings. The number of nitrogens with two attached hydrogens (primary N) is 1. The van der Waals surface area contributed by atoms with Crippen molar-refractivity contribution in [1.82, 2.24) is 4.98 Å². The molecular weight excluding hydrogens is 280 g/mol. The van der Waals surface area contributed by atoms with E-state index in [2.05, 4.69) is 44.1 Å². The predicted octanol–water partition coefficient (Wildman–Crippen LogP) is 2.48. The van der Waals surface area contributed by atoms with Crippen LogP contribution in [-0.2, 0) is 4.79 Å². The quantitative estimate of drug-likeness (QED) is 0.789. The van der Waals surface area contributed by atoms with Gasteiger partial charge >= 0.3 is 0 Å². The van der Waals surface area contributed by atoms with Crippen LogP contribution in [0.25, 0.3) is 0 Å². The number of anilines is 3. The molecule has 0 aliphatic heterocycles. The highest BCUT2D eigenvalue weighted by molar-refractivity contribution is 6.00. The van der Waals surface area contributed by atoms with Gasteiger partial charge in [0.05, 0.1) is 12.8 Å². The molecule has 0 unspecified atom stereocenters. The third kappa shape index (κ3) is 4.95. The van der Waals surface area contributed by atoms with Gasteiger partial charge in [0.25, 0.3) is 0 Å². The zero-order chi connectivity index (χ0) is 16.9. The number of aromatic nitrogens is 1. The Balaban J connectivity index is 3.12. The van der Waals surface area contributed by atoms with Crippen LogP contribution in [-0.4, -0.2) is 31.6 Å². The van der Waals surface area contributed by atoms with Crippen molar-refractivity contribution in [2.75, 3.05) is 36.7 Å². The van der Waals surface area contributed by atoms with Crippen molar-refractivity contribution in [1.29, 1.82) is 0 Å². The van der Waals surface area contributed by atoms with E-state index in [1.165, 1.54) is 13.2 Å². The standard InChI is InChI=1S/C16H25N4O2/c1-7-13(21)18-15-11(10-12(22-6)14(17)19-15)20(5)9-8-16(2,3)4/h7-8,10H,1,9H2,2-6H3,(H3,17,18,19,21). The number of methoxy groups -OCH3 is 1. The highest BCUT2D eigenvalue weighted by Gasteiger charge is 2.18. The molecule has 1 amide bonds. The van der Waals surface area contributed by atoms with Crippen molar-refractivity contribution >= 4 is 23.2 Å². The molecule has 1 heterocycles. The predicted molar refractivity (Wildman–Crippen MR) is 91.1 cm³/mol. The van der Waals surface area contributed by atoms with E-state index in [0.717, 1.165) is 5.69 Å². The summed E-state index contributed by atoms with van der Waals surface area (Å²) < 4.78 is 5.21. The summed E-state index contributed by atoms with van der Waals surface area (Å²) in [5.41, 5.74) is 6.63. The van der Waals surface area contributed by atoms with Gasteiger partial charge in [-0.15, -0.1) is 0 Å². The summed E-state index contributed by atoms with van der Waals surface area (Å²) in [4.78, 5) is 17.8. The molecule has 1 radical (unpaired) electrons. The molecule has 0 bridgehead atoms. The van der Waals surface area contributed by atoms with Crippen LogP contribution in [0.15, 0.2) is 18.7 Å². The molecule has 0 aliphatic carbocycles. The van der Waals surface area contributed by atoms with E-state index >= 15 is 0 Å². The first-order chi connectivity index (χ1) is 10.2. The minimum Gasteiger partial charge on any atom is -0.493 e. The molecule has 121 valence electrons. The van der Waals surface area contributed by atoms with Crippen molar-refractivity contribution in [3.8, 4) is 5.75 Å². The summed E-state index contributed by atoms with van der Waals surface area (Å²) in [6.45, 7) is 10.5. The van der Waals surface area contributed by atoms with Gasteiger partial charge in [-0.25, -0.2) is 4.98 Å². The van der Waals surface area contributed by atoms with Crippen LogP contribution in [0.4, 0.5) is 17.3 Å².